The van der Waals surface area contributed by atoms with Crippen molar-refractivity contribution in [3.8, 4) is 5.75 Å². The highest BCUT2D eigenvalue weighted by molar-refractivity contribution is 5.98. The van der Waals surface area contributed by atoms with E-state index in [2.05, 4.69) is 17.2 Å². The standard InChI is InChI=1S/C21H25N3O3/c1-15(2)14-27-19-11-6-5-10-18(19)22-13-20(25)23-17-9-7-8-16(12-17)21(26)24(3)4/h5-12,22H,1,13-14H2,2-4H3,(H,23,25). The molecule has 27 heavy (non-hydrogen) atoms. The average Bonchev–Trinajstić information content (AvgIpc) is 2.64. The minimum absolute atomic E-state index is 0.0687. The summed E-state index contributed by atoms with van der Waals surface area (Å²) in [6.07, 6.45) is 0. The van der Waals surface area contributed by atoms with Crippen LogP contribution in [0.1, 0.15) is 17.3 Å². The molecule has 0 saturated heterocycles. The Hall–Kier alpha value is -3.28. The SMILES string of the molecule is C=C(C)COc1ccccc1NCC(=O)Nc1cccc(C(=O)N(C)C)c1. The van der Waals surface area contributed by atoms with Crippen LogP contribution in [0.2, 0.25) is 0 Å². The van der Waals surface area contributed by atoms with Crippen molar-refractivity contribution in [2.75, 3.05) is 37.9 Å². The maximum atomic E-state index is 12.3. The second kappa shape index (κ2) is 9.43. The van der Waals surface area contributed by atoms with Crippen molar-refractivity contribution >= 4 is 23.2 Å². The molecule has 0 aliphatic rings. The van der Waals surface area contributed by atoms with Crippen LogP contribution in [0.15, 0.2) is 60.7 Å². The van der Waals surface area contributed by atoms with Crippen LogP contribution in [0.3, 0.4) is 0 Å². The molecule has 0 radical (unpaired) electrons. The summed E-state index contributed by atoms with van der Waals surface area (Å²) in [6.45, 7) is 6.19. The third-order valence-corrected chi connectivity index (χ3v) is 3.60. The summed E-state index contributed by atoms with van der Waals surface area (Å²) in [6, 6.07) is 14.3. The monoisotopic (exact) mass is 367 g/mol. The van der Waals surface area contributed by atoms with E-state index >= 15 is 0 Å². The molecule has 2 amide bonds. The van der Waals surface area contributed by atoms with Crippen molar-refractivity contribution in [1.82, 2.24) is 4.90 Å². The first kappa shape index (κ1) is 20.0. The molecule has 0 aliphatic carbocycles. The quantitative estimate of drug-likeness (QED) is 0.702. The van der Waals surface area contributed by atoms with E-state index in [4.69, 9.17) is 4.74 Å². The first-order valence-electron chi connectivity index (χ1n) is 8.58. The van der Waals surface area contributed by atoms with Crippen LogP contribution in [-0.2, 0) is 4.79 Å². The van der Waals surface area contributed by atoms with Gasteiger partial charge >= 0.3 is 0 Å². The molecule has 0 atom stereocenters. The number of carbonyl (C=O) groups is 2. The van der Waals surface area contributed by atoms with Gasteiger partial charge in [0.2, 0.25) is 5.91 Å². The van der Waals surface area contributed by atoms with Crippen molar-refractivity contribution in [2.24, 2.45) is 0 Å². The number of carbonyl (C=O) groups excluding carboxylic acids is 2. The van der Waals surface area contributed by atoms with Crippen LogP contribution in [-0.4, -0.2) is 44.0 Å². The van der Waals surface area contributed by atoms with E-state index in [-0.39, 0.29) is 18.4 Å². The van der Waals surface area contributed by atoms with Gasteiger partial charge in [-0.25, -0.2) is 0 Å². The lowest BCUT2D eigenvalue weighted by atomic mass is 10.2. The van der Waals surface area contributed by atoms with Gasteiger partial charge in [-0.1, -0.05) is 24.8 Å². The lowest BCUT2D eigenvalue weighted by molar-refractivity contribution is -0.114. The number of ether oxygens (including phenoxy) is 1. The van der Waals surface area contributed by atoms with E-state index in [0.29, 0.717) is 23.6 Å². The molecule has 2 aromatic carbocycles. The summed E-state index contributed by atoms with van der Waals surface area (Å²) in [7, 11) is 3.37. The van der Waals surface area contributed by atoms with Crippen molar-refractivity contribution < 1.29 is 14.3 Å². The second-order valence-corrected chi connectivity index (χ2v) is 6.42. The highest BCUT2D eigenvalue weighted by Gasteiger charge is 2.10. The van der Waals surface area contributed by atoms with Gasteiger partial charge in [-0.3, -0.25) is 9.59 Å². The Labute approximate surface area is 159 Å². The van der Waals surface area contributed by atoms with Crippen LogP contribution >= 0.6 is 0 Å². The number of hydrogen-bond acceptors (Lipinski definition) is 4. The summed E-state index contributed by atoms with van der Waals surface area (Å²) in [4.78, 5) is 25.8. The van der Waals surface area contributed by atoms with Crippen molar-refractivity contribution in [3.63, 3.8) is 0 Å². The number of anilines is 2. The van der Waals surface area contributed by atoms with Gasteiger partial charge in [0, 0.05) is 25.3 Å². The number of benzene rings is 2. The van der Waals surface area contributed by atoms with Crippen LogP contribution in [0, 0.1) is 0 Å². The molecule has 142 valence electrons. The van der Waals surface area contributed by atoms with Crippen LogP contribution in [0.25, 0.3) is 0 Å². The molecular formula is C21H25N3O3. The minimum atomic E-state index is -0.223. The minimum Gasteiger partial charge on any atom is -0.487 e. The molecule has 0 heterocycles. The van der Waals surface area contributed by atoms with Gasteiger partial charge in [0.05, 0.1) is 12.2 Å². The molecule has 0 aromatic heterocycles. The smallest absolute Gasteiger partial charge is 0.253 e. The fourth-order valence-electron chi connectivity index (χ4n) is 2.31. The largest absolute Gasteiger partial charge is 0.487 e. The highest BCUT2D eigenvalue weighted by atomic mass is 16.5. The highest BCUT2D eigenvalue weighted by Crippen LogP contribution is 2.24. The lowest BCUT2D eigenvalue weighted by Gasteiger charge is -2.14. The zero-order valence-corrected chi connectivity index (χ0v) is 15.9. The molecule has 0 fully saturated rings. The Morgan fingerprint density at radius 2 is 1.85 bits per heavy atom. The predicted molar refractivity (Wildman–Crippen MR) is 108 cm³/mol. The van der Waals surface area contributed by atoms with Gasteiger partial charge in [0.15, 0.2) is 0 Å². The molecule has 6 nitrogen and oxygen atoms in total. The van der Waals surface area contributed by atoms with Gasteiger partial charge in [0.1, 0.15) is 12.4 Å². The molecule has 2 N–H and O–H groups in total. The molecule has 0 saturated carbocycles. The molecule has 0 spiro atoms. The van der Waals surface area contributed by atoms with Crippen LogP contribution in [0.5, 0.6) is 5.75 Å². The Balaban J connectivity index is 1.96. The number of para-hydroxylation sites is 2. The van der Waals surface area contributed by atoms with E-state index in [1.807, 2.05) is 31.2 Å². The van der Waals surface area contributed by atoms with Gasteiger partial charge in [-0.2, -0.15) is 0 Å². The number of hydrogen-bond donors (Lipinski definition) is 2. The maximum Gasteiger partial charge on any atom is 0.253 e. The second-order valence-electron chi connectivity index (χ2n) is 6.42. The fourth-order valence-corrected chi connectivity index (χ4v) is 2.31. The van der Waals surface area contributed by atoms with E-state index < -0.39 is 0 Å². The number of rotatable bonds is 8. The summed E-state index contributed by atoms with van der Waals surface area (Å²) < 4.78 is 5.68. The molecule has 2 rings (SSSR count). The van der Waals surface area contributed by atoms with Gasteiger partial charge in [-0.15, -0.1) is 0 Å². The predicted octanol–water partition coefficient (Wildman–Crippen LogP) is 3.39. The molecule has 6 heteroatoms. The van der Waals surface area contributed by atoms with Crippen molar-refractivity contribution in [3.05, 3.63) is 66.2 Å². The van der Waals surface area contributed by atoms with E-state index in [1.165, 1.54) is 4.90 Å². The Morgan fingerprint density at radius 3 is 2.56 bits per heavy atom. The van der Waals surface area contributed by atoms with E-state index in [9.17, 15) is 9.59 Å². The fraction of sp³-hybridized carbons (Fsp3) is 0.238. The molecule has 0 aliphatic heterocycles. The molecule has 2 aromatic rings. The third kappa shape index (κ3) is 6.18. The van der Waals surface area contributed by atoms with Crippen LogP contribution in [0.4, 0.5) is 11.4 Å². The first-order chi connectivity index (χ1) is 12.9. The first-order valence-corrected chi connectivity index (χ1v) is 8.58. The summed E-state index contributed by atoms with van der Waals surface area (Å²) in [5, 5.41) is 5.86. The van der Waals surface area contributed by atoms with Crippen LogP contribution < -0.4 is 15.4 Å². The molecule has 0 unspecified atom stereocenters. The van der Waals surface area contributed by atoms with E-state index in [0.717, 1.165) is 11.3 Å². The lowest BCUT2D eigenvalue weighted by Crippen LogP contribution is -2.23. The van der Waals surface area contributed by atoms with E-state index in [1.54, 1.807) is 38.4 Å². The molecule has 0 bridgehead atoms. The zero-order chi connectivity index (χ0) is 19.8. The van der Waals surface area contributed by atoms with Crippen molar-refractivity contribution in [1.29, 1.82) is 0 Å². The number of nitrogens with zero attached hydrogens (tertiary/aromatic N) is 1. The van der Waals surface area contributed by atoms with Crippen molar-refractivity contribution in [2.45, 2.75) is 6.92 Å². The maximum absolute atomic E-state index is 12.3. The summed E-state index contributed by atoms with van der Waals surface area (Å²) in [5.74, 6) is 0.318. The summed E-state index contributed by atoms with van der Waals surface area (Å²) >= 11 is 0. The Bertz CT molecular complexity index is 831. The Morgan fingerprint density at radius 1 is 1.11 bits per heavy atom. The van der Waals surface area contributed by atoms with Gasteiger partial charge in [-0.05, 0) is 42.8 Å². The van der Waals surface area contributed by atoms with Gasteiger partial charge < -0.3 is 20.3 Å². The topological polar surface area (TPSA) is 70.7 Å². The van der Waals surface area contributed by atoms with Gasteiger partial charge in [0.25, 0.3) is 5.91 Å². The normalized spacial score (nSPS) is 10.0. The Kier molecular flexibility index (Phi) is 7.00. The zero-order valence-electron chi connectivity index (χ0n) is 15.9. The molecular weight excluding hydrogens is 342 g/mol. The third-order valence-electron chi connectivity index (χ3n) is 3.60. The summed E-state index contributed by atoms with van der Waals surface area (Å²) in [5.41, 5.74) is 2.73. The number of nitrogens with one attached hydrogen (secondary N) is 2. The average molecular weight is 367 g/mol. The number of amides is 2.